The van der Waals surface area contributed by atoms with Crippen molar-refractivity contribution in [3.8, 4) is 0 Å². The summed E-state index contributed by atoms with van der Waals surface area (Å²) in [7, 11) is 3.00. The Balaban J connectivity index is 1.69. The van der Waals surface area contributed by atoms with Crippen LogP contribution in [-0.2, 0) is 14.4 Å². The van der Waals surface area contributed by atoms with Crippen LogP contribution in [0.25, 0.3) is 16.7 Å². The molecule has 0 fully saturated rings. The molecule has 0 aliphatic heterocycles. The summed E-state index contributed by atoms with van der Waals surface area (Å²) in [6.07, 6.45) is 2.95. The van der Waals surface area contributed by atoms with E-state index in [2.05, 4.69) is 15.5 Å². The van der Waals surface area contributed by atoms with Crippen LogP contribution in [0.15, 0.2) is 18.2 Å². The molecule has 10 heteroatoms. The number of amides is 1. The number of anilines is 1. The summed E-state index contributed by atoms with van der Waals surface area (Å²) in [4.78, 5) is 34.0. The maximum atomic E-state index is 12.5. The van der Waals surface area contributed by atoms with Crippen LogP contribution in [0.1, 0.15) is 62.6 Å². The van der Waals surface area contributed by atoms with Crippen molar-refractivity contribution in [2.75, 3.05) is 26.0 Å². The van der Waals surface area contributed by atoms with Crippen molar-refractivity contribution in [3.63, 3.8) is 0 Å². The van der Waals surface area contributed by atoms with Crippen molar-refractivity contribution in [3.05, 3.63) is 29.6 Å². The van der Waals surface area contributed by atoms with Crippen molar-refractivity contribution in [2.24, 2.45) is 0 Å². The predicted octanol–water partition coefficient (Wildman–Crippen LogP) is 3.53. The zero-order chi connectivity index (χ0) is 24.2. The van der Waals surface area contributed by atoms with E-state index in [1.807, 2.05) is 32.1 Å². The van der Waals surface area contributed by atoms with Gasteiger partial charge in [0.25, 0.3) is 5.91 Å². The smallest absolute Gasteiger partial charge is 0.306 e. The molecular weight excluding hydrogens is 424 g/mol. The second-order valence-electron chi connectivity index (χ2n) is 8.88. The lowest BCUT2D eigenvalue weighted by atomic mass is 10.1. The van der Waals surface area contributed by atoms with Gasteiger partial charge in [0.05, 0.1) is 18.1 Å². The van der Waals surface area contributed by atoms with E-state index in [9.17, 15) is 9.59 Å². The maximum absolute atomic E-state index is 12.5. The Bertz CT molecular complexity index is 1150. The van der Waals surface area contributed by atoms with Gasteiger partial charge in [-0.15, -0.1) is 10.2 Å². The largest absolute Gasteiger partial charge is 0.460 e. The fraction of sp³-hybridized carbons (Fsp3) is 0.522. The van der Waals surface area contributed by atoms with E-state index in [1.54, 1.807) is 25.2 Å². The molecule has 2 aromatic heterocycles. The van der Waals surface area contributed by atoms with Crippen LogP contribution in [0.2, 0.25) is 0 Å². The van der Waals surface area contributed by atoms with Crippen molar-refractivity contribution in [2.45, 2.75) is 59.0 Å². The lowest BCUT2D eigenvalue weighted by Crippen LogP contribution is -2.25. The first-order valence-corrected chi connectivity index (χ1v) is 11.0. The van der Waals surface area contributed by atoms with E-state index in [4.69, 9.17) is 14.6 Å². The third-order valence-electron chi connectivity index (χ3n) is 5.06. The number of hydrogen-bond acceptors (Lipinski definition) is 8. The van der Waals surface area contributed by atoms with E-state index in [-0.39, 0.29) is 11.9 Å². The van der Waals surface area contributed by atoms with Gasteiger partial charge in [-0.25, -0.2) is 10.0 Å². The Labute approximate surface area is 193 Å². The minimum Gasteiger partial charge on any atom is -0.460 e. The maximum Gasteiger partial charge on any atom is 0.306 e. The van der Waals surface area contributed by atoms with E-state index in [0.717, 1.165) is 30.3 Å². The molecule has 0 bridgehead atoms. The van der Waals surface area contributed by atoms with Crippen LogP contribution in [0.5, 0.6) is 0 Å². The van der Waals surface area contributed by atoms with Crippen LogP contribution >= 0.6 is 0 Å². The third kappa shape index (κ3) is 5.95. The van der Waals surface area contributed by atoms with Gasteiger partial charge in [0.15, 0.2) is 5.82 Å². The van der Waals surface area contributed by atoms with Gasteiger partial charge in [-0.3, -0.25) is 18.8 Å². The number of nitrogens with one attached hydrogen (secondary N) is 1. The first kappa shape index (κ1) is 24.4. The van der Waals surface area contributed by atoms with Crippen molar-refractivity contribution >= 4 is 34.4 Å². The number of carbonyl (C=O) groups is 2. The molecule has 0 radical (unpaired) electrons. The minimum atomic E-state index is -0.449. The lowest BCUT2D eigenvalue weighted by Gasteiger charge is -2.19. The minimum absolute atomic E-state index is 0.165. The molecule has 0 saturated heterocycles. The SMILES string of the molecule is CON(C)C(=O)c1ccc2nc(NCCCCCC(=O)OC(C)(C)C)c3nnc(C)n3c2c1. The Morgan fingerprint density at radius 1 is 1.15 bits per heavy atom. The van der Waals surface area contributed by atoms with Gasteiger partial charge in [-0.2, -0.15) is 0 Å². The molecule has 0 unspecified atom stereocenters. The number of rotatable bonds is 9. The fourth-order valence-corrected chi connectivity index (χ4v) is 3.46. The molecule has 0 aliphatic rings. The molecule has 3 rings (SSSR count). The number of nitrogens with zero attached hydrogens (tertiary/aromatic N) is 5. The number of hydrogen-bond donors (Lipinski definition) is 1. The highest BCUT2D eigenvalue weighted by atomic mass is 16.7. The molecular formula is C23H32N6O4. The number of carbonyl (C=O) groups excluding carboxylic acids is 2. The molecule has 0 spiro atoms. The van der Waals surface area contributed by atoms with Crippen molar-refractivity contribution in [1.29, 1.82) is 0 Å². The summed E-state index contributed by atoms with van der Waals surface area (Å²) in [5.41, 5.74) is 2.09. The average molecular weight is 457 g/mol. The highest BCUT2D eigenvalue weighted by molar-refractivity contribution is 5.97. The first-order chi connectivity index (χ1) is 15.6. The van der Waals surface area contributed by atoms with Crippen LogP contribution in [0.4, 0.5) is 5.82 Å². The van der Waals surface area contributed by atoms with Crippen LogP contribution in [0.3, 0.4) is 0 Å². The topological polar surface area (TPSA) is 111 Å². The standard InChI is InChI=1S/C23H32N6O4/c1-15-26-27-21-20(24-13-9-7-8-10-19(30)33-23(2,3)4)25-17-12-11-16(14-18(17)29(15)21)22(31)28(5)32-6/h11-12,14H,7-10,13H2,1-6H3,(H,24,25). The summed E-state index contributed by atoms with van der Waals surface area (Å²) < 4.78 is 7.22. The van der Waals surface area contributed by atoms with Gasteiger partial charge in [0.2, 0.25) is 5.65 Å². The van der Waals surface area contributed by atoms with Gasteiger partial charge in [-0.05, 0) is 58.7 Å². The molecule has 33 heavy (non-hydrogen) atoms. The van der Waals surface area contributed by atoms with Gasteiger partial charge in [-0.1, -0.05) is 6.42 Å². The number of esters is 1. The van der Waals surface area contributed by atoms with E-state index < -0.39 is 5.60 Å². The number of unbranched alkanes of at least 4 members (excludes halogenated alkanes) is 2. The van der Waals surface area contributed by atoms with Crippen LogP contribution in [-0.4, -0.2) is 62.8 Å². The molecule has 0 saturated carbocycles. The van der Waals surface area contributed by atoms with E-state index in [0.29, 0.717) is 35.8 Å². The zero-order valence-electron chi connectivity index (χ0n) is 20.1. The molecule has 1 N–H and O–H groups in total. The summed E-state index contributed by atoms with van der Waals surface area (Å²) in [5, 5.41) is 13.0. The number of aryl methyl sites for hydroxylation is 1. The summed E-state index contributed by atoms with van der Waals surface area (Å²) in [6.45, 7) is 8.15. The molecule has 10 nitrogen and oxygen atoms in total. The van der Waals surface area contributed by atoms with Gasteiger partial charge >= 0.3 is 5.97 Å². The Morgan fingerprint density at radius 3 is 2.61 bits per heavy atom. The average Bonchev–Trinajstić information content (AvgIpc) is 3.15. The second-order valence-corrected chi connectivity index (χ2v) is 8.88. The number of fused-ring (bicyclic) bond motifs is 3. The molecule has 1 amide bonds. The Hall–Kier alpha value is -3.27. The number of benzene rings is 1. The predicted molar refractivity (Wildman–Crippen MR) is 125 cm³/mol. The molecule has 178 valence electrons. The van der Waals surface area contributed by atoms with Crippen LogP contribution < -0.4 is 5.32 Å². The second kappa shape index (κ2) is 10.1. The highest BCUT2D eigenvalue weighted by Crippen LogP contribution is 2.23. The fourth-order valence-electron chi connectivity index (χ4n) is 3.46. The number of hydroxylamine groups is 2. The first-order valence-electron chi connectivity index (χ1n) is 11.0. The third-order valence-corrected chi connectivity index (χ3v) is 5.06. The van der Waals surface area contributed by atoms with Gasteiger partial charge in [0, 0.05) is 25.6 Å². The van der Waals surface area contributed by atoms with Crippen molar-refractivity contribution < 1.29 is 19.2 Å². The zero-order valence-corrected chi connectivity index (χ0v) is 20.1. The van der Waals surface area contributed by atoms with E-state index in [1.165, 1.54) is 12.2 Å². The monoisotopic (exact) mass is 456 g/mol. The summed E-state index contributed by atoms with van der Waals surface area (Å²) in [5.74, 6) is 0.902. The van der Waals surface area contributed by atoms with Crippen LogP contribution in [0, 0.1) is 6.92 Å². The lowest BCUT2D eigenvalue weighted by molar-refractivity contribution is -0.154. The normalized spacial score (nSPS) is 11.7. The molecule has 1 aromatic carbocycles. The Morgan fingerprint density at radius 2 is 1.91 bits per heavy atom. The van der Waals surface area contributed by atoms with Gasteiger partial charge < -0.3 is 10.1 Å². The quantitative estimate of drug-likeness (QED) is 0.296. The number of aromatic nitrogens is 4. The van der Waals surface area contributed by atoms with Crippen molar-refractivity contribution in [1.82, 2.24) is 24.6 Å². The highest BCUT2D eigenvalue weighted by Gasteiger charge is 2.17. The molecule has 0 aliphatic carbocycles. The molecule has 0 atom stereocenters. The summed E-state index contributed by atoms with van der Waals surface area (Å²) in [6, 6.07) is 5.29. The van der Waals surface area contributed by atoms with Gasteiger partial charge in [0.1, 0.15) is 11.4 Å². The summed E-state index contributed by atoms with van der Waals surface area (Å²) >= 11 is 0. The van der Waals surface area contributed by atoms with E-state index >= 15 is 0 Å². The number of ether oxygens (including phenoxy) is 1. The Kier molecular flexibility index (Phi) is 7.47. The molecule has 3 aromatic rings. The molecule has 2 heterocycles.